The normalized spacial score (nSPS) is 21.2. The number of quaternary nitrogens is 1. The Morgan fingerprint density at radius 2 is 2.15 bits per heavy atom. The summed E-state index contributed by atoms with van der Waals surface area (Å²) in [7, 11) is 1.59. The summed E-state index contributed by atoms with van der Waals surface area (Å²) in [6.07, 6.45) is 0.304. The van der Waals surface area contributed by atoms with Gasteiger partial charge in [0.2, 0.25) is 5.91 Å². The van der Waals surface area contributed by atoms with Gasteiger partial charge in [-0.3, -0.25) is 4.79 Å². The average molecular weight is 363 g/mol. The van der Waals surface area contributed by atoms with E-state index in [9.17, 15) is 9.59 Å². The number of nitrogens with one attached hydrogen (secondary N) is 2. The van der Waals surface area contributed by atoms with Gasteiger partial charge in [-0.2, -0.15) is 0 Å². The maximum Gasteiger partial charge on any atom is 0.318 e. The van der Waals surface area contributed by atoms with Gasteiger partial charge < -0.3 is 29.9 Å². The Hall–Kier alpha value is -2.32. The zero-order valence-electron chi connectivity index (χ0n) is 15.1. The van der Waals surface area contributed by atoms with E-state index in [1.54, 1.807) is 16.9 Å². The molecular formula is C18H27N4O4+. The highest BCUT2D eigenvalue weighted by Crippen LogP contribution is 2.25. The molecule has 2 saturated heterocycles. The third-order valence-corrected chi connectivity index (χ3v) is 5.04. The number of benzene rings is 1. The number of amides is 3. The second-order valence-corrected chi connectivity index (χ2v) is 6.77. The molecule has 0 saturated carbocycles. The van der Waals surface area contributed by atoms with E-state index in [1.165, 1.54) is 4.90 Å². The number of ether oxygens (including phenoxy) is 1. The highest BCUT2D eigenvalue weighted by molar-refractivity contribution is 5.97. The van der Waals surface area contributed by atoms with Crippen LogP contribution in [0.15, 0.2) is 24.3 Å². The smallest absolute Gasteiger partial charge is 0.318 e. The number of piperazine rings is 1. The van der Waals surface area contributed by atoms with Gasteiger partial charge in [-0.15, -0.1) is 0 Å². The number of nitrogens with zero attached hydrogens (tertiary/aromatic N) is 2. The van der Waals surface area contributed by atoms with Crippen molar-refractivity contribution in [2.45, 2.75) is 12.5 Å². The number of hydrogen-bond acceptors (Lipinski definition) is 4. The molecule has 1 atom stereocenters. The molecule has 2 heterocycles. The Morgan fingerprint density at radius 3 is 2.85 bits per heavy atom. The summed E-state index contributed by atoms with van der Waals surface area (Å²) in [4.78, 5) is 29.6. The van der Waals surface area contributed by atoms with Gasteiger partial charge in [0.05, 0.1) is 45.9 Å². The van der Waals surface area contributed by atoms with Gasteiger partial charge in [0.25, 0.3) is 0 Å². The predicted molar refractivity (Wildman–Crippen MR) is 96.5 cm³/mol. The standard InChI is InChI=1S/C18H26N4O4/c1-26-16-4-2-3-15(12-16)22-13-14(11-17(22)24)19-18(25)21-7-5-20(6-8-21)9-10-23/h2-4,12,14,23H,5-11,13H2,1H3,(H,19,25)/p+1/t14-/m1/s1. The van der Waals surface area contributed by atoms with E-state index < -0.39 is 0 Å². The summed E-state index contributed by atoms with van der Waals surface area (Å²) in [5.41, 5.74) is 0.785. The summed E-state index contributed by atoms with van der Waals surface area (Å²) in [6, 6.07) is 7.07. The van der Waals surface area contributed by atoms with Crippen LogP contribution >= 0.6 is 0 Å². The lowest BCUT2D eigenvalue weighted by molar-refractivity contribution is -0.904. The quantitative estimate of drug-likeness (QED) is 0.607. The molecule has 3 rings (SSSR count). The van der Waals surface area contributed by atoms with Crippen LogP contribution in [-0.4, -0.2) is 81.0 Å². The Morgan fingerprint density at radius 1 is 1.38 bits per heavy atom. The summed E-state index contributed by atoms with van der Waals surface area (Å²) in [5, 5.41) is 12.0. The number of carbonyl (C=O) groups is 2. The minimum absolute atomic E-state index is 0.000706. The minimum Gasteiger partial charge on any atom is -0.497 e. The van der Waals surface area contributed by atoms with Crippen LogP contribution in [0.3, 0.4) is 0 Å². The molecule has 1 aromatic carbocycles. The molecule has 2 aliphatic rings. The first-order valence-electron chi connectivity index (χ1n) is 9.05. The monoisotopic (exact) mass is 363 g/mol. The van der Waals surface area contributed by atoms with E-state index in [2.05, 4.69) is 5.32 Å². The number of rotatable bonds is 5. The first-order chi connectivity index (χ1) is 12.6. The Bertz CT molecular complexity index is 646. The lowest BCUT2D eigenvalue weighted by Crippen LogP contribution is -3.15. The largest absolute Gasteiger partial charge is 0.497 e. The fraction of sp³-hybridized carbons (Fsp3) is 0.556. The van der Waals surface area contributed by atoms with Crippen LogP contribution in [0.4, 0.5) is 10.5 Å². The maximum atomic E-state index is 12.5. The van der Waals surface area contributed by atoms with E-state index >= 15 is 0 Å². The first kappa shape index (κ1) is 18.5. The molecule has 142 valence electrons. The SMILES string of the molecule is COc1cccc(N2C[C@H](NC(=O)N3CC[NH+](CCO)CC3)CC2=O)c1. The van der Waals surface area contributed by atoms with Crippen LogP contribution in [0, 0.1) is 0 Å². The number of hydrogen-bond donors (Lipinski definition) is 3. The topological polar surface area (TPSA) is 86.6 Å². The van der Waals surface area contributed by atoms with Crippen molar-refractivity contribution < 1.29 is 24.3 Å². The zero-order chi connectivity index (χ0) is 18.5. The molecule has 2 fully saturated rings. The van der Waals surface area contributed by atoms with Crippen molar-refractivity contribution in [1.29, 1.82) is 0 Å². The number of anilines is 1. The summed E-state index contributed by atoms with van der Waals surface area (Å²) in [5.74, 6) is 0.701. The molecule has 0 spiro atoms. The van der Waals surface area contributed by atoms with Gasteiger partial charge in [-0.25, -0.2) is 4.79 Å². The predicted octanol–water partition coefficient (Wildman–Crippen LogP) is -1.30. The van der Waals surface area contributed by atoms with Crippen LogP contribution in [0.25, 0.3) is 0 Å². The highest BCUT2D eigenvalue weighted by atomic mass is 16.5. The zero-order valence-corrected chi connectivity index (χ0v) is 15.1. The van der Waals surface area contributed by atoms with Gasteiger partial charge in [0, 0.05) is 24.7 Å². The summed E-state index contributed by atoms with van der Waals surface area (Å²) in [6.45, 7) is 4.38. The minimum atomic E-state index is -0.191. The Balaban J connectivity index is 1.53. The third kappa shape index (κ3) is 4.25. The summed E-state index contributed by atoms with van der Waals surface area (Å²) >= 11 is 0. The molecule has 3 N–H and O–H groups in total. The highest BCUT2D eigenvalue weighted by Gasteiger charge is 2.33. The van der Waals surface area contributed by atoms with Gasteiger partial charge in [0.15, 0.2) is 0 Å². The number of aliphatic hydroxyl groups excluding tert-OH is 1. The summed E-state index contributed by atoms with van der Waals surface area (Å²) < 4.78 is 5.21. The van der Waals surface area contributed by atoms with Gasteiger partial charge >= 0.3 is 6.03 Å². The van der Waals surface area contributed by atoms with E-state index in [1.807, 2.05) is 24.3 Å². The third-order valence-electron chi connectivity index (χ3n) is 5.04. The van der Waals surface area contributed by atoms with E-state index in [4.69, 9.17) is 9.84 Å². The van der Waals surface area contributed by atoms with Crippen LogP contribution in [-0.2, 0) is 4.79 Å². The Kier molecular flexibility index (Phi) is 5.95. The fourth-order valence-corrected chi connectivity index (χ4v) is 3.53. The number of carbonyl (C=O) groups excluding carboxylic acids is 2. The van der Waals surface area contributed by atoms with E-state index in [0.717, 1.165) is 25.3 Å². The van der Waals surface area contributed by atoms with Gasteiger partial charge in [-0.1, -0.05) is 6.07 Å². The van der Waals surface area contributed by atoms with Gasteiger partial charge in [-0.05, 0) is 12.1 Å². The molecule has 2 aliphatic heterocycles. The Labute approximate surface area is 153 Å². The van der Waals surface area contributed by atoms with E-state index in [-0.39, 0.29) is 24.6 Å². The van der Waals surface area contributed by atoms with Crippen LogP contribution in [0.2, 0.25) is 0 Å². The lowest BCUT2D eigenvalue weighted by Gasteiger charge is -2.32. The van der Waals surface area contributed by atoms with Crippen molar-refractivity contribution in [2.75, 3.05) is 57.9 Å². The average Bonchev–Trinajstić information content (AvgIpc) is 3.02. The van der Waals surface area contributed by atoms with Crippen molar-refractivity contribution in [3.63, 3.8) is 0 Å². The van der Waals surface area contributed by atoms with E-state index in [0.29, 0.717) is 31.8 Å². The number of methoxy groups -OCH3 is 1. The molecule has 0 unspecified atom stereocenters. The number of urea groups is 1. The van der Waals surface area contributed by atoms with Crippen LogP contribution in [0.5, 0.6) is 5.75 Å². The second-order valence-electron chi connectivity index (χ2n) is 6.77. The second kappa shape index (κ2) is 8.37. The van der Waals surface area contributed by atoms with Crippen molar-refractivity contribution in [1.82, 2.24) is 10.2 Å². The molecule has 0 aliphatic carbocycles. The van der Waals surface area contributed by atoms with Crippen molar-refractivity contribution in [3.05, 3.63) is 24.3 Å². The molecule has 26 heavy (non-hydrogen) atoms. The molecule has 0 bridgehead atoms. The van der Waals surface area contributed by atoms with Crippen molar-refractivity contribution in [2.24, 2.45) is 0 Å². The molecule has 8 nitrogen and oxygen atoms in total. The molecule has 8 heteroatoms. The van der Waals surface area contributed by atoms with Crippen molar-refractivity contribution >= 4 is 17.6 Å². The van der Waals surface area contributed by atoms with Crippen LogP contribution < -0.4 is 19.9 Å². The number of aliphatic hydroxyl groups is 1. The van der Waals surface area contributed by atoms with Gasteiger partial charge in [0.1, 0.15) is 12.3 Å². The fourth-order valence-electron chi connectivity index (χ4n) is 3.53. The first-order valence-corrected chi connectivity index (χ1v) is 9.05. The molecule has 3 amide bonds. The van der Waals surface area contributed by atoms with Crippen LogP contribution in [0.1, 0.15) is 6.42 Å². The molecule has 1 aromatic rings. The molecular weight excluding hydrogens is 336 g/mol. The maximum absolute atomic E-state index is 12.5. The lowest BCUT2D eigenvalue weighted by atomic mass is 10.2. The van der Waals surface area contributed by atoms with Crippen molar-refractivity contribution in [3.8, 4) is 5.75 Å². The molecule has 0 aromatic heterocycles. The molecule has 0 radical (unpaired) electrons.